The SMILES string of the molecule is CN(C)c1ccc(-n2cc(C(=O)O)c(=O)[nH]c2=O)cc1. The van der Waals surface area contributed by atoms with Crippen LogP contribution in [0.2, 0.25) is 0 Å². The summed E-state index contributed by atoms with van der Waals surface area (Å²) in [6.07, 6.45) is 1.02. The van der Waals surface area contributed by atoms with E-state index in [-0.39, 0.29) is 0 Å². The standard InChI is InChI=1S/C13H13N3O4/c1-15(2)8-3-5-9(6-4-8)16-7-10(12(18)19)11(17)14-13(16)20/h3-7H,1-2H3,(H,18,19)(H,14,17,20). The molecule has 7 heteroatoms. The van der Waals surface area contributed by atoms with Gasteiger partial charge in [0.05, 0.1) is 5.69 Å². The molecule has 2 N–H and O–H groups in total. The lowest BCUT2D eigenvalue weighted by atomic mass is 10.2. The monoisotopic (exact) mass is 275 g/mol. The van der Waals surface area contributed by atoms with E-state index in [1.807, 2.05) is 24.0 Å². The van der Waals surface area contributed by atoms with Crippen LogP contribution in [0.1, 0.15) is 10.4 Å². The van der Waals surface area contributed by atoms with Crippen LogP contribution < -0.4 is 16.1 Å². The van der Waals surface area contributed by atoms with Crippen molar-refractivity contribution in [1.29, 1.82) is 0 Å². The van der Waals surface area contributed by atoms with Crippen LogP contribution in [0, 0.1) is 0 Å². The number of carboxylic acids is 1. The second-order valence-electron chi connectivity index (χ2n) is 4.39. The molecule has 0 atom stereocenters. The predicted molar refractivity (Wildman–Crippen MR) is 73.9 cm³/mol. The van der Waals surface area contributed by atoms with Crippen molar-refractivity contribution in [3.63, 3.8) is 0 Å². The minimum atomic E-state index is -1.38. The highest BCUT2D eigenvalue weighted by molar-refractivity contribution is 5.86. The van der Waals surface area contributed by atoms with Crippen molar-refractivity contribution in [1.82, 2.24) is 9.55 Å². The Morgan fingerprint density at radius 2 is 1.80 bits per heavy atom. The fourth-order valence-electron chi connectivity index (χ4n) is 1.73. The van der Waals surface area contributed by atoms with E-state index in [4.69, 9.17) is 5.11 Å². The highest BCUT2D eigenvalue weighted by atomic mass is 16.4. The molecule has 0 bridgehead atoms. The van der Waals surface area contributed by atoms with Gasteiger partial charge in [-0.2, -0.15) is 0 Å². The summed E-state index contributed by atoms with van der Waals surface area (Å²) >= 11 is 0. The molecule has 0 saturated carbocycles. The largest absolute Gasteiger partial charge is 0.477 e. The minimum Gasteiger partial charge on any atom is -0.477 e. The normalized spacial score (nSPS) is 10.3. The van der Waals surface area contributed by atoms with Gasteiger partial charge in [0.2, 0.25) is 0 Å². The summed E-state index contributed by atoms with van der Waals surface area (Å²) in [7, 11) is 3.76. The van der Waals surface area contributed by atoms with Crippen LogP contribution in [0.3, 0.4) is 0 Å². The van der Waals surface area contributed by atoms with Crippen LogP contribution in [0.25, 0.3) is 5.69 Å². The lowest BCUT2D eigenvalue weighted by Crippen LogP contribution is -2.32. The van der Waals surface area contributed by atoms with Crippen LogP contribution in [0.4, 0.5) is 5.69 Å². The number of carbonyl (C=O) groups is 1. The van der Waals surface area contributed by atoms with Gasteiger partial charge in [-0.1, -0.05) is 0 Å². The van der Waals surface area contributed by atoms with Crippen molar-refractivity contribution in [3.8, 4) is 5.69 Å². The van der Waals surface area contributed by atoms with Crippen molar-refractivity contribution >= 4 is 11.7 Å². The zero-order valence-corrected chi connectivity index (χ0v) is 11.0. The molecule has 0 radical (unpaired) electrons. The third-order valence-electron chi connectivity index (χ3n) is 2.82. The Morgan fingerprint density at radius 1 is 1.20 bits per heavy atom. The van der Waals surface area contributed by atoms with E-state index in [1.54, 1.807) is 24.3 Å². The van der Waals surface area contributed by atoms with Gasteiger partial charge < -0.3 is 10.0 Å². The second kappa shape index (κ2) is 5.04. The van der Waals surface area contributed by atoms with Gasteiger partial charge in [-0.05, 0) is 24.3 Å². The number of anilines is 1. The highest BCUT2D eigenvalue weighted by Crippen LogP contribution is 2.14. The van der Waals surface area contributed by atoms with Gasteiger partial charge >= 0.3 is 11.7 Å². The predicted octanol–water partition coefficient (Wildman–Crippen LogP) is 0.290. The van der Waals surface area contributed by atoms with E-state index in [9.17, 15) is 14.4 Å². The third-order valence-corrected chi connectivity index (χ3v) is 2.82. The van der Waals surface area contributed by atoms with Crippen LogP contribution >= 0.6 is 0 Å². The number of carboxylic acid groups (broad SMARTS) is 1. The van der Waals surface area contributed by atoms with E-state index in [1.165, 1.54) is 0 Å². The van der Waals surface area contributed by atoms with Crippen LogP contribution in [0.15, 0.2) is 40.1 Å². The van der Waals surface area contributed by atoms with Crippen molar-refractivity contribution in [3.05, 3.63) is 56.9 Å². The molecular formula is C13H13N3O4. The lowest BCUT2D eigenvalue weighted by Gasteiger charge is -2.13. The Balaban J connectivity index is 2.57. The Bertz CT molecular complexity index is 756. The summed E-state index contributed by atoms with van der Waals surface area (Å²) in [5.41, 5.74) is -0.674. The molecule has 104 valence electrons. The number of benzene rings is 1. The number of nitrogens with zero attached hydrogens (tertiary/aromatic N) is 2. The molecule has 0 unspecified atom stereocenters. The van der Waals surface area contributed by atoms with Crippen molar-refractivity contribution in [2.24, 2.45) is 0 Å². The van der Waals surface area contributed by atoms with Gasteiger partial charge in [0.15, 0.2) is 0 Å². The molecule has 1 aromatic carbocycles. The lowest BCUT2D eigenvalue weighted by molar-refractivity contribution is 0.0694. The maximum Gasteiger partial charge on any atom is 0.342 e. The molecule has 0 aliphatic carbocycles. The maximum atomic E-state index is 11.7. The maximum absolute atomic E-state index is 11.7. The van der Waals surface area contributed by atoms with Crippen LogP contribution in [-0.2, 0) is 0 Å². The van der Waals surface area contributed by atoms with E-state index in [0.717, 1.165) is 16.5 Å². The van der Waals surface area contributed by atoms with Gasteiger partial charge in [0.1, 0.15) is 5.56 Å². The summed E-state index contributed by atoms with van der Waals surface area (Å²) in [5, 5.41) is 8.90. The highest BCUT2D eigenvalue weighted by Gasteiger charge is 2.12. The number of H-pyrrole nitrogens is 1. The number of rotatable bonds is 3. The first kappa shape index (κ1) is 13.6. The smallest absolute Gasteiger partial charge is 0.342 e. The zero-order valence-electron chi connectivity index (χ0n) is 11.0. The molecule has 1 heterocycles. The average Bonchev–Trinajstić information content (AvgIpc) is 2.38. The first-order valence-electron chi connectivity index (χ1n) is 5.77. The van der Waals surface area contributed by atoms with Crippen molar-refractivity contribution < 1.29 is 9.90 Å². The molecule has 0 amide bonds. The van der Waals surface area contributed by atoms with E-state index >= 15 is 0 Å². The van der Waals surface area contributed by atoms with Crippen LogP contribution in [-0.4, -0.2) is 34.7 Å². The fourth-order valence-corrected chi connectivity index (χ4v) is 1.73. The quantitative estimate of drug-likeness (QED) is 0.839. The molecule has 2 rings (SSSR count). The Hall–Kier alpha value is -2.83. The molecule has 2 aromatic rings. The molecule has 0 spiro atoms. The van der Waals surface area contributed by atoms with Gasteiger partial charge in [-0.25, -0.2) is 9.59 Å². The van der Waals surface area contributed by atoms with Gasteiger partial charge in [0, 0.05) is 26.0 Å². The van der Waals surface area contributed by atoms with Crippen molar-refractivity contribution in [2.75, 3.05) is 19.0 Å². The number of hydrogen-bond acceptors (Lipinski definition) is 4. The summed E-state index contributed by atoms with van der Waals surface area (Å²) < 4.78 is 1.09. The summed E-state index contributed by atoms with van der Waals surface area (Å²) in [5.74, 6) is -1.38. The van der Waals surface area contributed by atoms with Gasteiger partial charge in [-0.15, -0.1) is 0 Å². The second-order valence-corrected chi connectivity index (χ2v) is 4.39. The Labute approximate surface area is 113 Å². The van der Waals surface area contributed by atoms with Gasteiger partial charge in [0.25, 0.3) is 5.56 Å². The van der Waals surface area contributed by atoms with Gasteiger partial charge in [-0.3, -0.25) is 14.3 Å². The first-order valence-corrected chi connectivity index (χ1v) is 5.77. The zero-order chi connectivity index (χ0) is 14.9. The van der Waals surface area contributed by atoms with E-state index in [2.05, 4.69) is 0 Å². The van der Waals surface area contributed by atoms with Crippen molar-refractivity contribution in [2.45, 2.75) is 0 Å². The summed E-state index contributed by atoms with van der Waals surface area (Å²) in [6.45, 7) is 0. The molecule has 7 nitrogen and oxygen atoms in total. The summed E-state index contributed by atoms with van der Waals surface area (Å²) in [4.78, 5) is 37.9. The Morgan fingerprint density at radius 3 is 2.30 bits per heavy atom. The summed E-state index contributed by atoms with van der Waals surface area (Å²) in [6, 6.07) is 6.90. The number of aromatic carboxylic acids is 1. The fraction of sp³-hybridized carbons (Fsp3) is 0.154. The molecule has 0 aliphatic rings. The topological polar surface area (TPSA) is 95.4 Å². The number of aromatic nitrogens is 2. The molecule has 0 saturated heterocycles. The minimum absolute atomic E-state index is 0.472. The molecular weight excluding hydrogens is 262 g/mol. The third kappa shape index (κ3) is 2.46. The van der Waals surface area contributed by atoms with E-state index in [0.29, 0.717) is 5.69 Å². The first-order chi connectivity index (χ1) is 9.40. The number of nitrogens with one attached hydrogen (secondary N) is 1. The molecule has 0 aliphatic heterocycles. The number of hydrogen-bond donors (Lipinski definition) is 2. The van der Waals surface area contributed by atoms with E-state index < -0.39 is 22.8 Å². The number of aromatic amines is 1. The molecule has 20 heavy (non-hydrogen) atoms. The average molecular weight is 275 g/mol. The molecule has 0 fully saturated rings. The van der Waals surface area contributed by atoms with Crippen LogP contribution in [0.5, 0.6) is 0 Å². The Kier molecular flexibility index (Phi) is 3.43. The molecule has 1 aromatic heterocycles.